The molecule has 138 valence electrons. The van der Waals surface area contributed by atoms with Crippen LogP contribution in [0.1, 0.15) is 48.5 Å². The lowest BCUT2D eigenvalue weighted by Crippen LogP contribution is -2.30. The van der Waals surface area contributed by atoms with Crippen molar-refractivity contribution >= 4 is 23.6 Å². The van der Waals surface area contributed by atoms with E-state index >= 15 is 0 Å². The monoisotopic (exact) mass is 371 g/mol. The second-order valence-corrected chi connectivity index (χ2v) is 7.54. The first-order valence-electron chi connectivity index (χ1n) is 9.08. The molecule has 3 rings (SSSR count). The van der Waals surface area contributed by atoms with Crippen molar-refractivity contribution in [2.75, 3.05) is 17.3 Å². The summed E-state index contributed by atoms with van der Waals surface area (Å²) in [4.78, 5) is 23.3. The molecule has 0 aliphatic carbocycles. The molecule has 2 heterocycles. The van der Waals surface area contributed by atoms with Gasteiger partial charge >= 0.3 is 0 Å². The number of unbranched alkanes of at least 4 members (excludes halogenated alkanes) is 2. The third kappa shape index (κ3) is 4.18. The molecule has 1 fully saturated rings. The van der Waals surface area contributed by atoms with Crippen LogP contribution in [0.15, 0.2) is 30.3 Å². The highest BCUT2D eigenvalue weighted by molar-refractivity contribution is 8.00. The minimum Gasteiger partial charge on any atom is -0.493 e. The van der Waals surface area contributed by atoms with E-state index in [-0.39, 0.29) is 11.3 Å². The van der Waals surface area contributed by atoms with Gasteiger partial charge in [0.05, 0.1) is 12.4 Å². The molecule has 1 amide bonds. The average Bonchev–Trinajstić information content (AvgIpc) is 2.99. The molecule has 1 unspecified atom stereocenters. The molecule has 1 aromatic carbocycles. The van der Waals surface area contributed by atoms with Crippen molar-refractivity contribution in [2.45, 2.75) is 45.4 Å². The van der Waals surface area contributed by atoms with Crippen molar-refractivity contribution in [3.63, 3.8) is 0 Å². The number of amides is 1. The molecule has 1 saturated heterocycles. The summed E-state index contributed by atoms with van der Waals surface area (Å²) in [6.45, 7) is 6.71. The van der Waals surface area contributed by atoms with Gasteiger partial charge in [0.15, 0.2) is 0 Å². The van der Waals surface area contributed by atoms with Crippen molar-refractivity contribution in [3.05, 3.63) is 47.3 Å². The van der Waals surface area contributed by atoms with Gasteiger partial charge in [0.1, 0.15) is 11.1 Å². The lowest BCUT2D eigenvalue weighted by atomic mass is 10.2. The highest BCUT2D eigenvalue weighted by atomic mass is 32.2. The number of benzene rings is 1. The van der Waals surface area contributed by atoms with Crippen LogP contribution in [0.4, 0.5) is 5.95 Å². The van der Waals surface area contributed by atoms with Crippen molar-refractivity contribution in [3.8, 4) is 5.75 Å². The van der Waals surface area contributed by atoms with Crippen LogP contribution in [0.3, 0.4) is 0 Å². The van der Waals surface area contributed by atoms with Crippen molar-refractivity contribution < 1.29 is 9.53 Å². The molecular weight excluding hydrogens is 346 g/mol. The van der Waals surface area contributed by atoms with E-state index in [0.717, 1.165) is 42.0 Å². The number of anilines is 1. The Hall–Kier alpha value is -2.08. The fourth-order valence-corrected chi connectivity index (χ4v) is 4.21. The molecule has 0 bridgehead atoms. The Kier molecular flexibility index (Phi) is 6.14. The van der Waals surface area contributed by atoms with E-state index in [1.807, 2.05) is 44.2 Å². The van der Waals surface area contributed by atoms with Crippen LogP contribution in [0.2, 0.25) is 0 Å². The molecule has 0 saturated carbocycles. The Bertz CT molecular complexity index is 761. The molecular formula is C20H25N3O2S. The minimum absolute atomic E-state index is 0.0331. The van der Waals surface area contributed by atoms with Gasteiger partial charge in [-0.25, -0.2) is 9.97 Å². The largest absolute Gasteiger partial charge is 0.493 e. The number of carbonyl (C=O) groups excluding carboxylic acids is 1. The molecule has 26 heavy (non-hydrogen) atoms. The van der Waals surface area contributed by atoms with Gasteiger partial charge in [-0.1, -0.05) is 38.0 Å². The smallest absolute Gasteiger partial charge is 0.240 e. The summed E-state index contributed by atoms with van der Waals surface area (Å²) in [5, 5.41) is -0.161. The minimum atomic E-state index is -0.161. The number of aromatic nitrogens is 2. The molecule has 0 N–H and O–H groups in total. The summed E-state index contributed by atoms with van der Waals surface area (Å²) >= 11 is 1.59. The normalized spacial score (nSPS) is 17.0. The fourth-order valence-electron chi connectivity index (χ4n) is 3.04. The van der Waals surface area contributed by atoms with E-state index in [2.05, 4.69) is 16.9 Å². The summed E-state index contributed by atoms with van der Waals surface area (Å²) in [5.74, 6) is 1.77. The van der Waals surface area contributed by atoms with Crippen LogP contribution in [0, 0.1) is 13.8 Å². The zero-order chi connectivity index (χ0) is 18.5. The first-order chi connectivity index (χ1) is 12.6. The van der Waals surface area contributed by atoms with Gasteiger partial charge in [-0.3, -0.25) is 9.69 Å². The van der Waals surface area contributed by atoms with Crippen LogP contribution >= 0.6 is 11.8 Å². The van der Waals surface area contributed by atoms with Gasteiger partial charge in [0.25, 0.3) is 0 Å². The van der Waals surface area contributed by atoms with E-state index in [1.165, 1.54) is 0 Å². The standard InChI is InChI=1S/C20H25N3O2S/c1-4-5-8-11-25-17-10-7-6-9-16(17)19-23(18(24)13-26-19)20-21-14(2)12-15(3)22-20/h6-7,9-10,12,19H,4-5,8,11,13H2,1-3H3. The Morgan fingerprint density at radius 1 is 1.19 bits per heavy atom. The van der Waals surface area contributed by atoms with Gasteiger partial charge in [-0.05, 0) is 32.4 Å². The number of carbonyl (C=O) groups is 1. The molecule has 1 aliphatic rings. The molecule has 5 nitrogen and oxygen atoms in total. The van der Waals surface area contributed by atoms with Crippen LogP contribution in [-0.2, 0) is 4.79 Å². The SMILES string of the molecule is CCCCCOc1ccccc1C1SCC(=O)N1c1nc(C)cc(C)n1. The fraction of sp³-hybridized carbons (Fsp3) is 0.450. The maximum Gasteiger partial charge on any atom is 0.240 e. The number of hydrogen-bond donors (Lipinski definition) is 0. The quantitative estimate of drug-likeness (QED) is 0.674. The lowest BCUT2D eigenvalue weighted by Gasteiger charge is -2.24. The van der Waals surface area contributed by atoms with Crippen LogP contribution in [0.25, 0.3) is 0 Å². The molecule has 6 heteroatoms. The number of rotatable bonds is 7. The highest BCUT2D eigenvalue weighted by Crippen LogP contribution is 2.43. The molecule has 0 radical (unpaired) electrons. The van der Waals surface area contributed by atoms with Crippen LogP contribution in [0.5, 0.6) is 5.75 Å². The molecule has 1 atom stereocenters. The number of thioether (sulfide) groups is 1. The van der Waals surface area contributed by atoms with Gasteiger partial charge in [-0.15, -0.1) is 11.8 Å². The number of nitrogens with zero attached hydrogens (tertiary/aromatic N) is 3. The van der Waals surface area contributed by atoms with Crippen molar-refractivity contribution in [1.29, 1.82) is 0 Å². The Morgan fingerprint density at radius 3 is 2.65 bits per heavy atom. The Balaban J connectivity index is 1.89. The van der Waals surface area contributed by atoms with Gasteiger partial charge < -0.3 is 4.74 Å². The molecule has 1 aromatic heterocycles. The Morgan fingerprint density at radius 2 is 1.92 bits per heavy atom. The highest BCUT2D eigenvalue weighted by Gasteiger charge is 2.37. The first-order valence-corrected chi connectivity index (χ1v) is 10.1. The zero-order valence-corrected chi connectivity index (χ0v) is 16.4. The van der Waals surface area contributed by atoms with E-state index in [9.17, 15) is 4.79 Å². The Labute approximate surface area is 159 Å². The number of hydrogen-bond acceptors (Lipinski definition) is 5. The lowest BCUT2D eigenvalue weighted by molar-refractivity contribution is -0.115. The predicted molar refractivity (Wildman–Crippen MR) is 106 cm³/mol. The average molecular weight is 372 g/mol. The number of ether oxygens (including phenoxy) is 1. The third-order valence-corrected chi connectivity index (χ3v) is 5.44. The predicted octanol–water partition coefficient (Wildman–Crippen LogP) is 4.44. The van der Waals surface area contributed by atoms with E-state index < -0.39 is 0 Å². The second kappa shape index (κ2) is 8.54. The van der Waals surface area contributed by atoms with Crippen molar-refractivity contribution in [2.24, 2.45) is 0 Å². The second-order valence-electron chi connectivity index (χ2n) is 6.47. The number of aryl methyl sites for hydroxylation is 2. The number of para-hydroxylation sites is 1. The molecule has 0 spiro atoms. The van der Waals surface area contributed by atoms with Gasteiger partial charge in [-0.2, -0.15) is 0 Å². The summed E-state index contributed by atoms with van der Waals surface area (Å²) in [6.07, 6.45) is 3.35. The summed E-state index contributed by atoms with van der Waals surface area (Å²) in [5.41, 5.74) is 2.72. The molecule has 2 aromatic rings. The van der Waals surface area contributed by atoms with Crippen LogP contribution in [-0.4, -0.2) is 28.2 Å². The molecule has 1 aliphatic heterocycles. The van der Waals surface area contributed by atoms with E-state index in [1.54, 1.807) is 16.7 Å². The summed E-state index contributed by atoms with van der Waals surface area (Å²) in [7, 11) is 0. The van der Waals surface area contributed by atoms with Crippen molar-refractivity contribution in [1.82, 2.24) is 9.97 Å². The maximum atomic E-state index is 12.6. The summed E-state index contributed by atoms with van der Waals surface area (Å²) < 4.78 is 6.03. The third-order valence-electron chi connectivity index (χ3n) is 4.24. The van der Waals surface area contributed by atoms with Gasteiger partial charge in [0.2, 0.25) is 11.9 Å². The maximum absolute atomic E-state index is 12.6. The van der Waals surface area contributed by atoms with E-state index in [0.29, 0.717) is 18.3 Å². The first kappa shape index (κ1) is 18.7. The van der Waals surface area contributed by atoms with Crippen LogP contribution < -0.4 is 9.64 Å². The van der Waals surface area contributed by atoms with Gasteiger partial charge in [0, 0.05) is 17.0 Å². The topological polar surface area (TPSA) is 55.3 Å². The summed E-state index contributed by atoms with van der Waals surface area (Å²) in [6, 6.07) is 9.87. The van der Waals surface area contributed by atoms with E-state index in [4.69, 9.17) is 4.74 Å². The zero-order valence-electron chi connectivity index (χ0n) is 15.6.